The second-order valence-electron chi connectivity index (χ2n) is 10.2. The van der Waals surface area contributed by atoms with E-state index in [2.05, 4.69) is 67.6 Å². The van der Waals surface area contributed by atoms with Crippen LogP contribution in [0.2, 0.25) is 0 Å². The molecule has 4 rings (SSSR count). The van der Waals surface area contributed by atoms with Gasteiger partial charge in [-0.2, -0.15) is 0 Å². The molecule has 5 nitrogen and oxygen atoms in total. The second-order valence-corrected chi connectivity index (χ2v) is 10.2. The number of carbonyl (C=O) groups excluding carboxylic acids is 1. The van der Waals surface area contributed by atoms with Gasteiger partial charge in [0.2, 0.25) is 5.91 Å². The molecule has 5 heteroatoms. The Morgan fingerprint density at radius 1 is 1.21 bits per heavy atom. The first-order valence-electron chi connectivity index (χ1n) is 12.9. The van der Waals surface area contributed by atoms with Crippen LogP contribution in [-0.4, -0.2) is 48.1 Å². The van der Waals surface area contributed by atoms with Crippen molar-refractivity contribution in [2.45, 2.75) is 77.2 Å². The maximum Gasteiger partial charge on any atom is 0.236 e. The number of piperazine rings is 1. The van der Waals surface area contributed by atoms with Crippen molar-refractivity contribution in [3.63, 3.8) is 0 Å². The first-order chi connectivity index (χ1) is 16.0. The van der Waals surface area contributed by atoms with E-state index < -0.39 is 0 Å². The minimum atomic E-state index is 0.125. The standard InChI is InChI=1S/C28H41N3O2/c1-4-12-28(26-7-5-14-30-26,13-6-16-31-17-15-29-20-27(31)32)24-10-8-23-19-25(33-21(2)3)11-9-22(23)18-24/h5,7,9,11,14,19,21,24,29-30H,4,6,8,10,12-13,15-18,20H2,1-3H3. The highest BCUT2D eigenvalue weighted by atomic mass is 16.5. The summed E-state index contributed by atoms with van der Waals surface area (Å²) in [5.74, 6) is 1.83. The number of benzene rings is 1. The highest BCUT2D eigenvalue weighted by Crippen LogP contribution is 2.46. The van der Waals surface area contributed by atoms with Crippen LogP contribution < -0.4 is 10.1 Å². The topological polar surface area (TPSA) is 57.4 Å². The number of rotatable bonds is 10. The van der Waals surface area contributed by atoms with Gasteiger partial charge in [-0.15, -0.1) is 0 Å². The number of nitrogens with one attached hydrogen (secondary N) is 2. The molecular formula is C28H41N3O2. The van der Waals surface area contributed by atoms with E-state index in [1.54, 1.807) is 0 Å². The fourth-order valence-corrected chi connectivity index (χ4v) is 6.12. The maximum absolute atomic E-state index is 12.3. The fraction of sp³-hybridized carbons (Fsp3) is 0.607. The highest BCUT2D eigenvalue weighted by molar-refractivity contribution is 5.78. The first-order valence-corrected chi connectivity index (χ1v) is 12.9. The summed E-state index contributed by atoms with van der Waals surface area (Å²) in [6.45, 7) is 9.57. The van der Waals surface area contributed by atoms with Crippen LogP contribution in [0.4, 0.5) is 0 Å². The molecule has 1 saturated heterocycles. The maximum atomic E-state index is 12.3. The van der Waals surface area contributed by atoms with Crippen molar-refractivity contribution in [2.75, 3.05) is 26.2 Å². The van der Waals surface area contributed by atoms with Gasteiger partial charge in [0.15, 0.2) is 0 Å². The Morgan fingerprint density at radius 2 is 2.09 bits per heavy atom. The summed E-state index contributed by atoms with van der Waals surface area (Å²) < 4.78 is 5.95. The van der Waals surface area contributed by atoms with Crippen LogP contribution >= 0.6 is 0 Å². The molecule has 2 N–H and O–H groups in total. The zero-order valence-corrected chi connectivity index (χ0v) is 20.7. The number of ether oxygens (including phenoxy) is 1. The molecule has 2 heterocycles. The molecule has 33 heavy (non-hydrogen) atoms. The monoisotopic (exact) mass is 451 g/mol. The second kappa shape index (κ2) is 10.8. The summed E-state index contributed by atoms with van der Waals surface area (Å²) in [5.41, 5.74) is 4.43. The first kappa shape index (κ1) is 23.9. The van der Waals surface area contributed by atoms with Crippen molar-refractivity contribution >= 4 is 5.91 Å². The number of hydrogen-bond acceptors (Lipinski definition) is 3. The third-order valence-corrected chi connectivity index (χ3v) is 7.63. The predicted octanol–water partition coefficient (Wildman–Crippen LogP) is 4.86. The number of H-pyrrole nitrogens is 1. The summed E-state index contributed by atoms with van der Waals surface area (Å²) in [4.78, 5) is 17.9. The van der Waals surface area contributed by atoms with E-state index in [1.165, 1.54) is 29.7 Å². The average molecular weight is 452 g/mol. The fourth-order valence-electron chi connectivity index (χ4n) is 6.12. The van der Waals surface area contributed by atoms with Gasteiger partial charge >= 0.3 is 0 Å². The smallest absolute Gasteiger partial charge is 0.236 e. The molecule has 0 saturated carbocycles. The number of aryl methyl sites for hydroxylation is 1. The molecule has 180 valence electrons. The molecule has 1 aromatic heterocycles. The van der Waals surface area contributed by atoms with E-state index in [0.717, 1.165) is 57.5 Å². The summed E-state index contributed by atoms with van der Waals surface area (Å²) >= 11 is 0. The van der Waals surface area contributed by atoms with E-state index in [1.807, 2.05) is 4.90 Å². The summed E-state index contributed by atoms with van der Waals surface area (Å²) in [6.07, 6.45) is 10.2. The van der Waals surface area contributed by atoms with E-state index in [-0.39, 0.29) is 17.4 Å². The van der Waals surface area contributed by atoms with Crippen LogP contribution in [0, 0.1) is 5.92 Å². The van der Waals surface area contributed by atoms with Crippen molar-refractivity contribution in [3.05, 3.63) is 53.3 Å². The summed E-state index contributed by atoms with van der Waals surface area (Å²) in [6, 6.07) is 11.1. The minimum Gasteiger partial charge on any atom is -0.491 e. The lowest BCUT2D eigenvalue weighted by molar-refractivity contribution is -0.132. The average Bonchev–Trinajstić information content (AvgIpc) is 3.34. The lowest BCUT2D eigenvalue weighted by atomic mass is 9.61. The molecule has 0 radical (unpaired) electrons. The van der Waals surface area contributed by atoms with Gasteiger partial charge < -0.3 is 19.9 Å². The van der Waals surface area contributed by atoms with Gasteiger partial charge in [-0.1, -0.05) is 19.4 Å². The number of amides is 1. The molecule has 1 aliphatic heterocycles. The molecule has 0 bridgehead atoms. The lowest BCUT2D eigenvalue weighted by Crippen LogP contribution is -2.48. The van der Waals surface area contributed by atoms with Gasteiger partial charge in [0.25, 0.3) is 0 Å². The number of aromatic nitrogens is 1. The number of fused-ring (bicyclic) bond motifs is 1. The Morgan fingerprint density at radius 3 is 2.82 bits per heavy atom. The molecule has 2 unspecified atom stereocenters. The van der Waals surface area contributed by atoms with Crippen LogP contribution in [0.25, 0.3) is 0 Å². The SMILES string of the molecule is CCCC(CCCN1CCNCC1=O)(c1ccc[nH]1)C1CCc2cc(OC(C)C)ccc2C1. The van der Waals surface area contributed by atoms with Crippen LogP contribution in [0.15, 0.2) is 36.5 Å². The zero-order chi connectivity index (χ0) is 23.3. The Hall–Kier alpha value is -2.27. The Balaban J connectivity index is 1.54. The lowest BCUT2D eigenvalue weighted by Gasteiger charge is -2.44. The zero-order valence-electron chi connectivity index (χ0n) is 20.7. The highest BCUT2D eigenvalue weighted by Gasteiger charge is 2.41. The number of carbonyl (C=O) groups is 1. The summed E-state index contributed by atoms with van der Waals surface area (Å²) in [7, 11) is 0. The van der Waals surface area contributed by atoms with Crippen molar-refractivity contribution in [2.24, 2.45) is 5.92 Å². The normalized spacial score (nSPS) is 20.5. The number of aromatic amines is 1. The van der Waals surface area contributed by atoms with Gasteiger partial charge in [-0.25, -0.2) is 0 Å². The van der Waals surface area contributed by atoms with E-state index in [0.29, 0.717) is 12.5 Å². The van der Waals surface area contributed by atoms with Gasteiger partial charge in [0, 0.05) is 36.9 Å². The van der Waals surface area contributed by atoms with Crippen LogP contribution in [0.1, 0.15) is 69.7 Å². The molecule has 0 spiro atoms. The van der Waals surface area contributed by atoms with E-state index in [4.69, 9.17) is 4.74 Å². The van der Waals surface area contributed by atoms with Crippen molar-refractivity contribution < 1.29 is 9.53 Å². The molecule has 2 aromatic rings. The molecule has 1 aromatic carbocycles. The van der Waals surface area contributed by atoms with Crippen molar-refractivity contribution in [3.8, 4) is 5.75 Å². The third kappa shape index (κ3) is 5.46. The molecule has 1 fully saturated rings. The van der Waals surface area contributed by atoms with Gasteiger partial charge in [0.1, 0.15) is 5.75 Å². The minimum absolute atomic E-state index is 0.125. The number of hydrogen-bond donors (Lipinski definition) is 2. The Labute approximate surface area is 199 Å². The van der Waals surface area contributed by atoms with Crippen molar-refractivity contribution in [1.29, 1.82) is 0 Å². The Bertz CT molecular complexity index is 908. The van der Waals surface area contributed by atoms with Crippen LogP contribution in [-0.2, 0) is 23.1 Å². The van der Waals surface area contributed by atoms with E-state index >= 15 is 0 Å². The van der Waals surface area contributed by atoms with Gasteiger partial charge in [-0.3, -0.25) is 4.79 Å². The van der Waals surface area contributed by atoms with Crippen molar-refractivity contribution in [1.82, 2.24) is 15.2 Å². The van der Waals surface area contributed by atoms with Crippen LogP contribution in [0.3, 0.4) is 0 Å². The molecule has 2 atom stereocenters. The summed E-state index contributed by atoms with van der Waals surface area (Å²) in [5, 5.41) is 3.18. The van der Waals surface area contributed by atoms with Gasteiger partial charge in [0.05, 0.1) is 12.6 Å². The van der Waals surface area contributed by atoms with Crippen LogP contribution in [0.5, 0.6) is 5.75 Å². The molecule has 2 aliphatic rings. The number of nitrogens with zero attached hydrogens (tertiary/aromatic N) is 1. The Kier molecular flexibility index (Phi) is 7.79. The van der Waals surface area contributed by atoms with Gasteiger partial charge in [-0.05, 0) is 93.7 Å². The predicted molar refractivity (Wildman–Crippen MR) is 134 cm³/mol. The molecular weight excluding hydrogens is 410 g/mol. The largest absolute Gasteiger partial charge is 0.491 e. The third-order valence-electron chi connectivity index (χ3n) is 7.63. The van der Waals surface area contributed by atoms with E-state index in [9.17, 15) is 4.79 Å². The molecule has 1 aliphatic carbocycles. The molecule has 1 amide bonds. The quantitative estimate of drug-likeness (QED) is 0.543.